The smallest absolute Gasteiger partial charge is 0.161 e. The molecule has 1 aliphatic rings. The highest BCUT2D eigenvalue weighted by Crippen LogP contribution is 2.40. The van der Waals surface area contributed by atoms with E-state index in [2.05, 4.69) is 26.1 Å². The second kappa shape index (κ2) is 7.15. The van der Waals surface area contributed by atoms with E-state index in [4.69, 9.17) is 9.47 Å². The van der Waals surface area contributed by atoms with Gasteiger partial charge < -0.3 is 43.0 Å². The molecule has 2 rings (SSSR count). The molecule has 0 bridgehead atoms. The highest BCUT2D eigenvalue weighted by atomic mass is 127. The van der Waals surface area contributed by atoms with Crippen LogP contribution in [-0.2, 0) is 6.42 Å². The maximum Gasteiger partial charge on any atom is 0.161 e. The lowest BCUT2D eigenvalue weighted by molar-refractivity contribution is -0.942. The molecule has 0 saturated heterocycles. The van der Waals surface area contributed by atoms with Gasteiger partial charge in [0.25, 0.3) is 0 Å². The van der Waals surface area contributed by atoms with E-state index >= 15 is 0 Å². The standard InChI is InChI=1S/C16H26NO3.HI/c1-11(18)10-17(3)7-6-13-8-15(19-4)16(20-5)9-14(13)12(17)2;/h8-9,11-12,18H,6-7,10H2,1-5H3;1H/q+1;/p-1/t11?,12-,17?;/m0./s1. The molecule has 5 heteroatoms. The van der Waals surface area contributed by atoms with Crippen molar-refractivity contribution >= 4 is 0 Å². The van der Waals surface area contributed by atoms with Gasteiger partial charge in [0, 0.05) is 12.0 Å². The maximum atomic E-state index is 9.76. The first kappa shape index (κ1) is 18.5. The minimum atomic E-state index is -0.288. The normalized spacial score (nSPS) is 25.5. The minimum Gasteiger partial charge on any atom is -1.00 e. The van der Waals surface area contributed by atoms with Gasteiger partial charge in [0.05, 0.1) is 27.8 Å². The molecule has 0 fully saturated rings. The number of quaternary nitrogens is 1. The monoisotopic (exact) mass is 407 g/mol. The number of halogens is 1. The molecule has 120 valence electrons. The zero-order chi connectivity index (χ0) is 14.9. The summed E-state index contributed by atoms with van der Waals surface area (Å²) in [4.78, 5) is 0. The lowest BCUT2D eigenvalue weighted by Gasteiger charge is -2.45. The fraction of sp³-hybridized carbons (Fsp3) is 0.625. The Bertz CT molecular complexity index is 493. The molecule has 0 spiro atoms. The number of aliphatic hydroxyl groups is 1. The first-order valence-corrected chi connectivity index (χ1v) is 7.18. The molecule has 1 N–H and O–H groups in total. The summed E-state index contributed by atoms with van der Waals surface area (Å²) in [5.74, 6) is 1.58. The molecule has 0 amide bonds. The second-order valence-corrected chi connectivity index (χ2v) is 6.07. The van der Waals surface area contributed by atoms with E-state index in [9.17, 15) is 5.11 Å². The van der Waals surface area contributed by atoms with Gasteiger partial charge in [0.2, 0.25) is 0 Å². The van der Waals surface area contributed by atoms with E-state index < -0.39 is 0 Å². The van der Waals surface area contributed by atoms with Crippen molar-refractivity contribution in [3.63, 3.8) is 0 Å². The average molecular weight is 407 g/mol. The molecule has 3 atom stereocenters. The van der Waals surface area contributed by atoms with Gasteiger partial charge in [-0.15, -0.1) is 0 Å². The molecule has 21 heavy (non-hydrogen) atoms. The molecule has 1 aromatic rings. The predicted molar refractivity (Wildman–Crippen MR) is 79.3 cm³/mol. The van der Waals surface area contributed by atoms with Gasteiger partial charge in [0.15, 0.2) is 11.5 Å². The topological polar surface area (TPSA) is 38.7 Å². The summed E-state index contributed by atoms with van der Waals surface area (Å²) in [5, 5.41) is 9.76. The van der Waals surface area contributed by atoms with Crippen LogP contribution in [0.1, 0.15) is 31.0 Å². The third-order valence-corrected chi connectivity index (χ3v) is 4.60. The molecule has 0 radical (unpaired) electrons. The van der Waals surface area contributed by atoms with Crippen LogP contribution in [0.3, 0.4) is 0 Å². The molecular formula is C16H26INO3. The van der Waals surface area contributed by atoms with E-state index in [-0.39, 0.29) is 30.1 Å². The number of rotatable bonds is 4. The molecular weight excluding hydrogens is 381 g/mol. The van der Waals surface area contributed by atoms with Crippen LogP contribution in [0.5, 0.6) is 11.5 Å². The van der Waals surface area contributed by atoms with Crippen molar-refractivity contribution in [3.05, 3.63) is 23.3 Å². The molecule has 0 aromatic heterocycles. The zero-order valence-corrected chi connectivity index (χ0v) is 15.7. The van der Waals surface area contributed by atoms with Crippen molar-refractivity contribution in [3.8, 4) is 11.5 Å². The second-order valence-electron chi connectivity index (χ2n) is 6.07. The summed E-state index contributed by atoms with van der Waals surface area (Å²) in [7, 11) is 5.56. The lowest BCUT2D eigenvalue weighted by Crippen LogP contribution is -3.00. The van der Waals surface area contributed by atoms with Crippen molar-refractivity contribution in [1.82, 2.24) is 0 Å². The first-order chi connectivity index (χ1) is 9.41. The number of likely N-dealkylation sites (N-methyl/N-ethyl adjacent to an activating group) is 1. The summed E-state index contributed by atoms with van der Waals surface area (Å²) < 4.78 is 11.7. The Hall–Kier alpha value is -0.530. The fourth-order valence-electron chi connectivity index (χ4n) is 3.30. The Kier molecular flexibility index (Phi) is 6.31. The molecule has 1 heterocycles. The number of ether oxygens (including phenoxy) is 2. The number of hydrogen-bond acceptors (Lipinski definition) is 3. The van der Waals surface area contributed by atoms with Crippen molar-refractivity contribution in [1.29, 1.82) is 0 Å². The Morgan fingerprint density at radius 1 is 1.29 bits per heavy atom. The van der Waals surface area contributed by atoms with Crippen LogP contribution in [0.2, 0.25) is 0 Å². The van der Waals surface area contributed by atoms with Crippen LogP contribution >= 0.6 is 0 Å². The van der Waals surface area contributed by atoms with Crippen molar-refractivity contribution in [2.24, 2.45) is 0 Å². The van der Waals surface area contributed by atoms with Crippen LogP contribution < -0.4 is 33.5 Å². The summed E-state index contributed by atoms with van der Waals surface area (Å²) in [6.07, 6.45) is 0.715. The number of hydrogen-bond donors (Lipinski definition) is 1. The summed E-state index contributed by atoms with van der Waals surface area (Å²) in [6.45, 7) is 5.90. The summed E-state index contributed by atoms with van der Waals surface area (Å²) >= 11 is 0. The number of benzene rings is 1. The highest BCUT2D eigenvalue weighted by Gasteiger charge is 2.37. The van der Waals surface area contributed by atoms with Gasteiger partial charge in [-0.3, -0.25) is 0 Å². The average Bonchev–Trinajstić information content (AvgIpc) is 2.41. The summed E-state index contributed by atoms with van der Waals surface area (Å²) in [5.41, 5.74) is 2.63. The summed E-state index contributed by atoms with van der Waals surface area (Å²) in [6, 6.07) is 4.53. The predicted octanol–water partition coefficient (Wildman–Crippen LogP) is -0.848. The fourth-order valence-corrected chi connectivity index (χ4v) is 3.30. The Morgan fingerprint density at radius 3 is 2.38 bits per heavy atom. The van der Waals surface area contributed by atoms with E-state index in [1.54, 1.807) is 14.2 Å². The van der Waals surface area contributed by atoms with Crippen molar-refractivity contribution < 1.29 is 43.0 Å². The van der Waals surface area contributed by atoms with Gasteiger partial charge in [-0.2, -0.15) is 0 Å². The SMILES string of the molecule is COc1cc2c(cc1OC)[C@H](C)[N+](C)(CC(C)O)CC2.[I-]. The van der Waals surface area contributed by atoms with Gasteiger partial charge >= 0.3 is 0 Å². The first-order valence-electron chi connectivity index (χ1n) is 7.18. The molecule has 0 saturated carbocycles. The number of nitrogens with zero attached hydrogens (tertiary/aromatic N) is 1. The van der Waals surface area contributed by atoms with Gasteiger partial charge in [0.1, 0.15) is 18.7 Å². The van der Waals surface area contributed by atoms with Crippen molar-refractivity contribution in [2.75, 3.05) is 34.4 Å². The number of fused-ring (bicyclic) bond motifs is 1. The van der Waals surface area contributed by atoms with E-state index in [1.807, 2.05) is 6.92 Å². The van der Waals surface area contributed by atoms with Crippen LogP contribution in [0, 0.1) is 0 Å². The quantitative estimate of drug-likeness (QED) is 0.523. The minimum absolute atomic E-state index is 0. The zero-order valence-electron chi connectivity index (χ0n) is 13.5. The van der Waals surface area contributed by atoms with Crippen LogP contribution in [0.15, 0.2) is 12.1 Å². The van der Waals surface area contributed by atoms with Crippen molar-refractivity contribution in [2.45, 2.75) is 32.4 Å². The van der Waals surface area contributed by atoms with Crippen LogP contribution in [-0.4, -0.2) is 50.1 Å². The Labute approximate surface area is 144 Å². The molecule has 1 aliphatic heterocycles. The largest absolute Gasteiger partial charge is 1.00 e. The van der Waals surface area contributed by atoms with Gasteiger partial charge in [-0.25, -0.2) is 0 Å². The Morgan fingerprint density at radius 2 is 1.86 bits per heavy atom. The van der Waals surface area contributed by atoms with E-state index in [0.29, 0.717) is 6.04 Å². The van der Waals surface area contributed by atoms with Gasteiger partial charge in [-0.05, 0) is 31.5 Å². The molecule has 2 unspecified atom stereocenters. The van der Waals surface area contributed by atoms with Gasteiger partial charge in [-0.1, -0.05) is 0 Å². The highest BCUT2D eigenvalue weighted by molar-refractivity contribution is 5.48. The maximum absolute atomic E-state index is 9.76. The third-order valence-electron chi connectivity index (χ3n) is 4.60. The Balaban J connectivity index is 0.00000220. The number of methoxy groups -OCH3 is 2. The third kappa shape index (κ3) is 3.63. The molecule has 0 aliphatic carbocycles. The molecule has 1 aromatic carbocycles. The molecule has 4 nitrogen and oxygen atoms in total. The van der Waals surface area contributed by atoms with Crippen LogP contribution in [0.4, 0.5) is 0 Å². The lowest BCUT2D eigenvalue weighted by atomic mass is 9.90. The van der Waals surface area contributed by atoms with E-state index in [1.165, 1.54) is 11.1 Å². The van der Waals surface area contributed by atoms with E-state index in [0.717, 1.165) is 35.5 Å². The van der Waals surface area contributed by atoms with Crippen LogP contribution in [0.25, 0.3) is 0 Å². The number of aliphatic hydroxyl groups excluding tert-OH is 1.